The fourth-order valence-electron chi connectivity index (χ4n) is 2.77. The van der Waals surface area contributed by atoms with E-state index in [1.54, 1.807) is 24.4 Å². The number of fused-ring (bicyclic) bond motifs is 1. The largest absolute Gasteiger partial charge is 0.504 e. The van der Waals surface area contributed by atoms with Crippen LogP contribution in [0, 0.1) is 0 Å². The number of aromatic amines is 1. The number of benzene rings is 2. The summed E-state index contributed by atoms with van der Waals surface area (Å²) in [6.07, 6.45) is 1.68. The predicted octanol–water partition coefficient (Wildman–Crippen LogP) is 1.77. The molecule has 4 N–H and O–H groups in total. The molecule has 2 aromatic carbocycles. The summed E-state index contributed by atoms with van der Waals surface area (Å²) in [5.41, 5.74) is 1.77. The number of aromatic hydroxyl groups is 1. The Morgan fingerprint density at radius 1 is 1.29 bits per heavy atom. The van der Waals surface area contributed by atoms with Crippen LogP contribution < -0.4 is 14.8 Å². The van der Waals surface area contributed by atoms with Gasteiger partial charge in [0.15, 0.2) is 11.5 Å². The number of phenolic OH excluding ortho intramolecular Hbond substituents is 1. The van der Waals surface area contributed by atoms with Crippen molar-refractivity contribution in [3.8, 4) is 17.2 Å². The normalized spacial score (nSPS) is 12.1. The number of carbonyl (C=O) groups excluding carboxylic acids is 1. The van der Waals surface area contributed by atoms with Gasteiger partial charge in [-0.1, -0.05) is 12.1 Å². The number of aromatic nitrogens is 2. The molecule has 0 aliphatic carbocycles. The van der Waals surface area contributed by atoms with Crippen LogP contribution in [0.3, 0.4) is 0 Å². The van der Waals surface area contributed by atoms with E-state index >= 15 is 0 Å². The van der Waals surface area contributed by atoms with Crippen LogP contribution in [-0.4, -0.2) is 52.2 Å². The number of aliphatic hydroxyl groups is 1. The van der Waals surface area contributed by atoms with Gasteiger partial charge in [-0.3, -0.25) is 9.89 Å². The third kappa shape index (κ3) is 5.21. The van der Waals surface area contributed by atoms with Crippen molar-refractivity contribution in [1.29, 1.82) is 0 Å². The molecule has 0 saturated carbocycles. The first-order chi connectivity index (χ1) is 13.5. The molecule has 1 atom stereocenters. The Labute approximate surface area is 162 Å². The monoisotopic (exact) mass is 385 g/mol. The van der Waals surface area contributed by atoms with Gasteiger partial charge in [0, 0.05) is 13.5 Å². The van der Waals surface area contributed by atoms with E-state index in [0.717, 1.165) is 16.5 Å². The summed E-state index contributed by atoms with van der Waals surface area (Å²) in [7, 11) is 0. The number of hydrogen-bond acceptors (Lipinski definition) is 7. The summed E-state index contributed by atoms with van der Waals surface area (Å²) in [6, 6.07) is 10.5. The molecule has 0 aliphatic rings. The molecule has 1 aromatic heterocycles. The second-order valence-corrected chi connectivity index (χ2v) is 6.40. The second kappa shape index (κ2) is 9.20. The molecule has 3 aromatic rings. The van der Waals surface area contributed by atoms with Crippen LogP contribution in [-0.2, 0) is 11.2 Å². The molecule has 1 heterocycles. The molecule has 0 bridgehead atoms. The number of nitrogens with one attached hydrogen (secondary N) is 2. The zero-order valence-corrected chi connectivity index (χ0v) is 15.5. The zero-order valence-electron chi connectivity index (χ0n) is 15.5. The number of aliphatic hydroxyl groups excluding tert-OH is 1. The van der Waals surface area contributed by atoms with Crippen molar-refractivity contribution >= 4 is 16.9 Å². The minimum atomic E-state index is -0.665. The summed E-state index contributed by atoms with van der Waals surface area (Å²) in [4.78, 5) is 10.9. The highest BCUT2D eigenvalue weighted by molar-refractivity contribution is 5.84. The standard InChI is InChI=1S/C20H23N3O5/c1-13(24)28-20-6-5-14(9-18(20)26)7-8-21-10-15(25)12-27-19-4-2-3-17-16(19)11-22-23-17/h2-6,9,11,15,21,25-26H,7-8,10,12H2,1H3,(H,22,23). The van der Waals surface area contributed by atoms with E-state index in [9.17, 15) is 15.0 Å². The highest BCUT2D eigenvalue weighted by atomic mass is 16.5. The summed E-state index contributed by atoms with van der Waals surface area (Å²) >= 11 is 0. The smallest absolute Gasteiger partial charge is 0.308 e. The van der Waals surface area contributed by atoms with Crippen molar-refractivity contribution in [2.75, 3.05) is 19.7 Å². The fourth-order valence-corrected chi connectivity index (χ4v) is 2.77. The molecule has 0 radical (unpaired) electrons. The quantitative estimate of drug-likeness (QED) is 0.252. The van der Waals surface area contributed by atoms with Crippen molar-refractivity contribution in [3.05, 3.63) is 48.2 Å². The summed E-state index contributed by atoms with van der Waals surface area (Å²) in [6.45, 7) is 2.43. The van der Waals surface area contributed by atoms with Crippen LogP contribution in [0.15, 0.2) is 42.6 Å². The first-order valence-corrected chi connectivity index (χ1v) is 8.97. The Balaban J connectivity index is 1.39. The van der Waals surface area contributed by atoms with Crippen LogP contribution in [0.1, 0.15) is 12.5 Å². The minimum Gasteiger partial charge on any atom is -0.504 e. The van der Waals surface area contributed by atoms with E-state index in [1.807, 2.05) is 18.2 Å². The van der Waals surface area contributed by atoms with Gasteiger partial charge in [-0.15, -0.1) is 0 Å². The van der Waals surface area contributed by atoms with E-state index in [4.69, 9.17) is 9.47 Å². The summed E-state index contributed by atoms with van der Waals surface area (Å²) in [5.74, 6) is 0.262. The number of hydrogen-bond donors (Lipinski definition) is 4. The fraction of sp³-hybridized carbons (Fsp3) is 0.300. The Bertz CT molecular complexity index is 940. The summed E-state index contributed by atoms with van der Waals surface area (Å²) < 4.78 is 10.6. The van der Waals surface area contributed by atoms with Crippen LogP contribution in [0.2, 0.25) is 0 Å². The predicted molar refractivity (Wildman–Crippen MR) is 104 cm³/mol. The minimum absolute atomic E-state index is 0.0745. The van der Waals surface area contributed by atoms with Crippen molar-refractivity contribution in [2.45, 2.75) is 19.4 Å². The number of H-pyrrole nitrogens is 1. The number of carbonyl (C=O) groups is 1. The van der Waals surface area contributed by atoms with Crippen molar-refractivity contribution in [1.82, 2.24) is 15.5 Å². The van der Waals surface area contributed by atoms with Gasteiger partial charge in [0.2, 0.25) is 0 Å². The third-order valence-electron chi connectivity index (χ3n) is 4.12. The summed E-state index contributed by atoms with van der Waals surface area (Å²) in [5, 5.41) is 30.8. The molecule has 3 rings (SSSR count). The highest BCUT2D eigenvalue weighted by Crippen LogP contribution is 2.27. The maximum atomic E-state index is 10.9. The van der Waals surface area contributed by atoms with Crippen LogP contribution in [0.4, 0.5) is 0 Å². The SMILES string of the molecule is CC(=O)Oc1ccc(CCNCC(O)COc2cccc3[nH]ncc23)cc1O. The molecule has 28 heavy (non-hydrogen) atoms. The average molecular weight is 385 g/mol. The third-order valence-corrected chi connectivity index (χ3v) is 4.12. The van der Waals surface area contributed by atoms with Gasteiger partial charge in [-0.2, -0.15) is 5.10 Å². The van der Waals surface area contributed by atoms with E-state index in [-0.39, 0.29) is 18.1 Å². The number of phenols is 1. The van der Waals surface area contributed by atoms with Gasteiger partial charge < -0.3 is 25.0 Å². The Hall–Kier alpha value is -3.10. The molecule has 0 saturated heterocycles. The van der Waals surface area contributed by atoms with Gasteiger partial charge >= 0.3 is 5.97 Å². The zero-order chi connectivity index (χ0) is 19.9. The number of nitrogens with zero attached hydrogens (tertiary/aromatic N) is 1. The molecule has 148 valence electrons. The second-order valence-electron chi connectivity index (χ2n) is 6.40. The lowest BCUT2D eigenvalue weighted by atomic mass is 10.1. The molecule has 1 unspecified atom stereocenters. The van der Waals surface area contributed by atoms with E-state index in [0.29, 0.717) is 25.3 Å². The van der Waals surface area contributed by atoms with E-state index < -0.39 is 12.1 Å². The molecule has 0 spiro atoms. The average Bonchev–Trinajstić information content (AvgIpc) is 3.14. The lowest BCUT2D eigenvalue weighted by Crippen LogP contribution is -2.32. The van der Waals surface area contributed by atoms with Crippen LogP contribution >= 0.6 is 0 Å². The van der Waals surface area contributed by atoms with Crippen molar-refractivity contribution < 1.29 is 24.5 Å². The molecule has 8 heteroatoms. The lowest BCUT2D eigenvalue weighted by molar-refractivity contribution is -0.132. The van der Waals surface area contributed by atoms with Crippen LogP contribution in [0.25, 0.3) is 10.9 Å². The first kappa shape index (κ1) is 19.7. The Morgan fingerprint density at radius 3 is 2.93 bits per heavy atom. The first-order valence-electron chi connectivity index (χ1n) is 8.97. The maximum absolute atomic E-state index is 10.9. The molecular weight excluding hydrogens is 362 g/mol. The number of esters is 1. The van der Waals surface area contributed by atoms with Gasteiger partial charge in [0.25, 0.3) is 0 Å². The Morgan fingerprint density at radius 2 is 2.14 bits per heavy atom. The van der Waals surface area contributed by atoms with Crippen molar-refractivity contribution in [2.24, 2.45) is 0 Å². The van der Waals surface area contributed by atoms with Gasteiger partial charge in [0.05, 0.1) is 17.1 Å². The molecule has 0 fully saturated rings. The van der Waals surface area contributed by atoms with Crippen LogP contribution in [0.5, 0.6) is 17.2 Å². The molecule has 8 nitrogen and oxygen atoms in total. The van der Waals surface area contributed by atoms with Gasteiger partial charge in [0.1, 0.15) is 18.5 Å². The molecule has 0 amide bonds. The number of rotatable bonds is 9. The van der Waals surface area contributed by atoms with Crippen molar-refractivity contribution in [3.63, 3.8) is 0 Å². The highest BCUT2D eigenvalue weighted by Gasteiger charge is 2.09. The lowest BCUT2D eigenvalue weighted by Gasteiger charge is -2.14. The molecular formula is C20H23N3O5. The molecule has 0 aliphatic heterocycles. The Kier molecular flexibility index (Phi) is 6.46. The van der Waals surface area contributed by atoms with Gasteiger partial charge in [-0.05, 0) is 42.8 Å². The van der Waals surface area contributed by atoms with E-state index in [1.165, 1.54) is 6.92 Å². The number of ether oxygens (including phenoxy) is 2. The maximum Gasteiger partial charge on any atom is 0.308 e. The van der Waals surface area contributed by atoms with Gasteiger partial charge in [-0.25, -0.2) is 0 Å². The topological polar surface area (TPSA) is 117 Å². The van der Waals surface area contributed by atoms with E-state index in [2.05, 4.69) is 15.5 Å².